The Balaban J connectivity index is 2.81. The standard InChI is InChI=1S/C10H12N2O4/c1-8(11(13)14)10(12(15)16)7-9-5-3-2-4-6-9/h2-6,8,10H,7H2,1H3. The lowest BCUT2D eigenvalue weighted by atomic mass is 10.0. The summed E-state index contributed by atoms with van der Waals surface area (Å²) in [5.74, 6) is 0. The van der Waals surface area contributed by atoms with Crippen LogP contribution in [-0.2, 0) is 6.42 Å². The van der Waals surface area contributed by atoms with E-state index < -0.39 is 21.9 Å². The fourth-order valence-electron chi connectivity index (χ4n) is 1.42. The van der Waals surface area contributed by atoms with Crippen LogP contribution in [0.2, 0.25) is 0 Å². The normalized spacial score (nSPS) is 14.1. The smallest absolute Gasteiger partial charge is 0.264 e. The second kappa shape index (κ2) is 5.20. The Morgan fingerprint density at radius 1 is 1.12 bits per heavy atom. The van der Waals surface area contributed by atoms with Crippen LogP contribution >= 0.6 is 0 Å². The van der Waals surface area contributed by atoms with Crippen LogP contribution in [-0.4, -0.2) is 21.9 Å². The minimum atomic E-state index is -1.18. The largest absolute Gasteiger partial charge is 0.282 e. The van der Waals surface area contributed by atoms with Crippen molar-refractivity contribution in [2.45, 2.75) is 25.4 Å². The molecular formula is C10H12N2O4. The lowest BCUT2D eigenvalue weighted by Gasteiger charge is -2.10. The summed E-state index contributed by atoms with van der Waals surface area (Å²) in [6, 6.07) is 6.38. The molecule has 0 aromatic heterocycles. The van der Waals surface area contributed by atoms with Gasteiger partial charge in [-0.3, -0.25) is 20.2 Å². The van der Waals surface area contributed by atoms with Gasteiger partial charge in [0.15, 0.2) is 0 Å². The summed E-state index contributed by atoms with van der Waals surface area (Å²) in [5.41, 5.74) is 0.734. The zero-order valence-corrected chi connectivity index (χ0v) is 8.78. The van der Waals surface area contributed by atoms with E-state index in [2.05, 4.69) is 0 Å². The van der Waals surface area contributed by atoms with Gasteiger partial charge in [0.1, 0.15) is 0 Å². The van der Waals surface area contributed by atoms with E-state index in [9.17, 15) is 20.2 Å². The molecule has 0 saturated heterocycles. The van der Waals surface area contributed by atoms with E-state index in [-0.39, 0.29) is 6.42 Å². The molecular weight excluding hydrogens is 212 g/mol. The number of nitrogens with zero attached hydrogens (tertiary/aromatic N) is 2. The van der Waals surface area contributed by atoms with Crippen molar-refractivity contribution in [1.29, 1.82) is 0 Å². The summed E-state index contributed by atoms with van der Waals surface area (Å²) in [6.07, 6.45) is 0.0794. The number of benzene rings is 1. The Bertz CT molecular complexity index is 380. The molecule has 0 radical (unpaired) electrons. The van der Waals surface area contributed by atoms with Crippen molar-refractivity contribution in [2.24, 2.45) is 0 Å². The average Bonchev–Trinajstić information content (AvgIpc) is 2.26. The molecule has 0 aliphatic heterocycles. The highest BCUT2D eigenvalue weighted by atomic mass is 16.6. The van der Waals surface area contributed by atoms with Gasteiger partial charge in [-0.1, -0.05) is 30.3 Å². The van der Waals surface area contributed by atoms with Crippen molar-refractivity contribution in [1.82, 2.24) is 0 Å². The van der Waals surface area contributed by atoms with Gasteiger partial charge in [0.2, 0.25) is 0 Å². The maximum Gasteiger partial charge on any atom is 0.282 e. The molecule has 0 heterocycles. The highest BCUT2D eigenvalue weighted by molar-refractivity contribution is 5.15. The summed E-state index contributed by atoms with van der Waals surface area (Å²) >= 11 is 0. The van der Waals surface area contributed by atoms with Gasteiger partial charge in [0.25, 0.3) is 12.1 Å². The first-order valence-corrected chi connectivity index (χ1v) is 4.83. The van der Waals surface area contributed by atoms with Crippen LogP contribution in [0.25, 0.3) is 0 Å². The molecule has 6 heteroatoms. The fourth-order valence-corrected chi connectivity index (χ4v) is 1.42. The van der Waals surface area contributed by atoms with Crippen molar-refractivity contribution in [3.63, 3.8) is 0 Å². The van der Waals surface area contributed by atoms with Crippen molar-refractivity contribution in [2.75, 3.05) is 0 Å². The summed E-state index contributed by atoms with van der Waals surface area (Å²) < 4.78 is 0. The lowest BCUT2D eigenvalue weighted by molar-refractivity contribution is -0.614. The van der Waals surface area contributed by atoms with E-state index in [0.717, 1.165) is 5.56 Å². The van der Waals surface area contributed by atoms with Gasteiger partial charge in [0, 0.05) is 23.2 Å². The quantitative estimate of drug-likeness (QED) is 0.560. The highest BCUT2D eigenvalue weighted by Crippen LogP contribution is 2.10. The Labute approximate surface area is 92.2 Å². The van der Waals surface area contributed by atoms with Gasteiger partial charge in [-0.05, 0) is 5.56 Å². The Morgan fingerprint density at radius 2 is 1.69 bits per heavy atom. The summed E-state index contributed by atoms with van der Waals surface area (Å²) in [4.78, 5) is 20.1. The SMILES string of the molecule is CC(C(Cc1ccccc1)[N+](=O)[O-])[N+](=O)[O-]. The van der Waals surface area contributed by atoms with Gasteiger partial charge in [-0.15, -0.1) is 0 Å². The first kappa shape index (κ1) is 12.1. The Morgan fingerprint density at radius 3 is 2.12 bits per heavy atom. The molecule has 2 atom stereocenters. The summed E-state index contributed by atoms with van der Waals surface area (Å²) in [7, 11) is 0. The molecule has 0 saturated carbocycles. The first-order chi connectivity index (χ1) is 7.52. The van der Waals surface area contributed by atoms with Gasteiger partial charge < -0.3 is 0 Å². The monoisotopic (exact) mass is 224 g/mol. The molecule has 16 heavy (non-hydrogen) atoms. The van der Waals surface area contributed by atoms with Crippen molar-refractivity contribution in [3.8, 4) is 0 Å². The van der Waals surface area contributed by atoms with E-state index in [1.54, 1.807) is 30.3 Å². The molecule has 6 nitrogen and oxygen atoms in total. The van der Waals surface area contributed by atoms with E-state index in [4.69, 9.17) is 0 Å². The third kappa shape index (κ3) is 3.01. The van der Waals surface area contributed by atoms with Crippen molar-refractivity contribution >= 4 is 0 Å². The van der Waals surface area contributed by atoms with Crippen molar-refractivity contribution in [3.05, 3.63) is 56.1 Å². The van der Waals surface area contributed by atoms with Crippen LogP contribution in [0, 0.1) is 20.2 Å². The third-order valence-corrected chi connectivity index (χ3v) is 2.45. The van der Waals surface area contributed by atoms with Gasteiger partial charge >= 0.3 is 0 Å². The van der Waals surface area contributed by atoms with Gasteiger partial charge in [-0.25, -0.2) is 0 Å². The van der Waals surface area contributed by atoms with Crippen LogP contribution in [0.3, 0.4) is 0 Å². The van der Waals surface area contributed by atoms with Crippen LogP contribution < -0.4 is 0 Å². The second-order valence-corrected chi connectivity index (χ2v) is 3.57. The first-order valence-electron chi connectivity index (χ1n) is 4.83. The summed E-state index contributed by atoms with van der Waals surface area (Å²) in [6.45, 7) is 1.26. The van der Waals surface area contributed by atoms with Crippen LogP contribution in [0.4, 0.5) is 0 Å². The Hall–Kier alpha value is -1.98. The molecule has 0 aliphatic rings. The van der Waals surface area contributed by atoms with E-state index >= 15 is 0 Å². The zero-order chi connectivity index (χ0) is 12.1. The molecule has 0 fully saturated rings. The minimum Gasteiger partial charge on any atom is -0.264 e. The maximum atomic E-state index is 10.8. The predicted octanol–water partition coefficient (Wildman–Crippen LogP) is 1.54. The van der Waals surface area contributed by atoms with Gasteiger partial charge in [-0.2, -0.15) is 0 Å². The van der Waals surface area contributed by atoms with Crippen LogP contribution in [0.1, 0.15) is 12.5 Å². The zero-order valence-electron chi connectivity index (χ0n) is 8.78. The molecule has 2 unspecified atom stereocenters. The molecule has 0 aliphatic carbocycles. The van der Waals surface area contributed by atoms with E-state index in [0.29, 0.717) is 0 Å². The average molecular weight is 224 g/mol. The third-order valence-electron chi connectivity index (χ3n) is 2.45. The predicted molar refractivity (Wildman–Crippen MR) is 57.4 cm³/mol. The Kier molecular flexibility index (Phi) is 3.93. The number of hydrogen-bond donors (Lipinski definition) is 0. The molecule has 0 spiro atoms. The van der Waals surface area contributed by atoms with Crippen molar-refractivity contribution < 1.29 is 9.85 Å². The lowest BCUT2D eigenvalue weighted by Crippen LogP contribution is -2.38. The fraction of sp³-hybridized carbons (Fsp3) is 0.400. The molecule has 86 valence electrons. The molecule has 0 bridgehead atoms. The van der Waals surface area contributed by atoms with E-state index in [1.165, 1.54) is 6.92 Å². The topological polar surface area (TPSA) is 86.3 Å². The van der Waals surface area contributed by atoms with Crippen LogP contribution in [0.15, 0.2) is 30.3 Å². The molecule has 1 rings (SSSR count). The number of rotatable bonds is 5. The number of hydrogen-bond acceptors (Lipinski definition) is 4. The van der Waals surface area contributed by atoms with Gasteiger partial charge in [0.05, 0.1) is 0 Å². The highest BCUT2D eigenvalue weighted by Gasteiger charge is 2.36. The van der Waals surface area contributed by atoms with Crippen LogP contribution in [0.5, 0.6) is 0 Å². The molecule has 1 aromatic carbocycles. The molecule has 0 N–H and O–H groups in total. The van der Waals surface area contributed by atoms with E-state index in [1.807, 2.05) is 0 Å². The summed E-state index contributed by atoms with van der Waals surface area (Å²) in [5, 5.41) is 21.3. The second-order valence-electron chi connectivity index (χ2n) is 3.57. The minimum absolute atomic E-state index is 0.0794. The number of nitro groups is 2. The molecule has 0 amide bonds. The molecule has 1 aromatic rings. The maximum absolute atomic E-state index is 10.8.